The second kappa shape index (κ2) is 3.68. The summed E-state index contributed by atoms with van der Waals surface area (Å²) in [4.78, 5) is 12.1. The number of amides is 1. The topological polar surface area (TPSA) is 49.3 Å². The molecule has 0 spiro atoms. The summed E-state index contributed by atoms with van der Waals surface area (Å²) in [6.07, 6.45) is 0. The first kappa shape index (κ1) is 11.0. The number of hydrogen-bond donors (Lipinski definition) is 2. The molecule has 0 fully saturated rings. The number of fused-ring (bicyclic) bond motifs is 1. The van der Waals surface area contributed by atoms with Gasteiger partial charge in [-0.3, -0.25) is 4.79 Å². The van der Waals surface area contributed by atoms with Crippen molar-refractivity contribution in [2.75, 3.05) is 5.32 Å². The average Bonchev–Trinajstić information content (AvgIpc) is 2.64. The Morgan fingerprint density at radius 3 is 2.44 bits per heavy atom. The van der Waals surface area contributed by atoms with Gasteiger partial charge < -0.3 is 10.4 Å². The van der Waals surface area contributed by atoms with E-state index in [4.69, 9.17) is 0 Å². The maximum Gasteiger partial charge on any atom is 0.265 e. The molecule has 1 atom stereocenters. The summed E-state index contributed by atoms with van der Waals surface area (Å²) in [6, 6.07) is 14.6. The van der Waals surface area contributed by atoms with Crippen LogP contribution < -0.4 is 5.32 Å². The molecular weight excluding hydrogens is 226 g/mol. The molecule has 0 radical (unpaired) electrons. The highest BCUT2D eigenvalue weighted by molar-refractivity contribution is 6.07. The van der Waals surface area contributed by atoms with Crippen LogP contribution in [0.3, 0.4) is 0 Å². The van der Waals surface area contributed by atoms with Crippen LogP contribution in [0.15, 0.2) is 48.5 Å². The van der Waals surface area contributed by atoms with Crippen LogP contribution in [0.4, 0.5) is 5.69 Å². The number of benzene rings is 2. The van der Waals surface area contributed by atoms with Gasteiger partial charge in [0.05, 0.1) is 0 Å². The maximum atomic E-state index is 12.1. The summed E-state index contributed by atoms with van der Waals surface area (Å²) in [5.74, 6) is -0.396. The second-order valence-corrected chi connectivity index (χ2v) is 4.58. The molecule has 0 saturated carbocycles. The smallest absolute Gasteiger partial charge is 0.265 e. The highest BCUT2D eigenvalue weighted by Gasteiger charge is 2.46. The number of carbonyl (C=O) groups excluding carboxylic acids is 1. The Labute approximate surface area is 105 Å². The number of carbonyl (C=O) groups is 1. The lowest BCUT2D eigenvalue weighted by Crippen LogP contribution is -2.35. The van der Waals surface area contributed by atoms with Crippen molar-refractivity contribution in [2.24, 2.45) is 0 Å². The van der Waals surface area contributed by atoms with Crippen LogP contribution in [-0.4, -0.2) is 11.0 Å². The molecule has 1 heterocycles. The number of aryl methyl sites for hydroxylation is 1. The molecule has 1 aliphatic rings. The summed E-state index contributed by atoms with van der Waals surface area (Å²) in [5, 5.41) is 13.5. The van der Waals surface area contributed by atoms with E-state index in [9.17, 15) is 9.90 Å². The number of para-hydroxylation sites is 1. The fraction of sp³-hybridized carbons (Fsp3) is 0.133. The van der Waals surface area contributed by atoms with E-state index in [0.717, 1.165) is 5.56 Å². The SMILES string of the molecule is Cc1ccc([C@]2(O)C(=O)Nc3ccccc32)cc1. The number of aliphatic hydroxyl groups is 1. The Hall–Kier alpha value is -2.13. The predicted octanol–water partition coefficient (Wildman–Crippen LogP) is 2.18. The average molecular weight is 239 g/mol. The second-order valence-electron chi connectivity index (χ2n) is 4.58. The van der Waals surface area contributed by atoms with Crippen molar-refractivity contribution < 1.29 is 9.90 Å². The van der Waals surface area contributed by atoms with Crippen molar-refractivity contribution in [1.82, 2.24) is 0 Å². The zero-order valence-electron chi connectivity index (χ0n) is 9.97. The van der Waals surface area contributed by atoms with E-state index in [2.05, 4.69) is 5.32 Å². The minimum absolute atomic E-state index is 0.396. The van der Waals surface area contributed by atoms with Gasteiger partial charge in [0.1, 0.15) is 0 Å². The first-order valence-corrected chi connectivity index (χ1v) is 5.83. The lowest BCUT2D eigenvalue weighted by atomic mass is 9.87. The molecule has 1 aliphatic heterocycles. The Morgan fingerprint density at radius 1 is 1.06 bits per heavy atom. The molecule has 2 N–H and O–H groups in total. The van der Waals surface area contributed by atoms with Gasteiger partial charge in [0.15, 0.2) is 5.60 Å². The molecule has 0 unspecified atom stereocenters. The molecule has 18 heavy (non-hydrogen) atoms. The normalized spacial score (nSPS) is 21.6. The van der Waals surface area contributed by atoms with Crippen molar-refractivity contribution in [3.63, 3.8) is 0 Å². The third kappa shape index (κ3) is 1.38. The van der Waals surface area contributed by atoms with Crippen molar-refractivity contribution in [3.05, 3.63) is 65.2 Å². The third-order valence-corrected chi connectivity index (χ3v) is 3.36. The highest BCUT2D eigenvalue weighted by Crippen LogP contribution is 2.40. The van der Waals surface area contributed by atoms with Gasteiger partial charge >= 0.3 is 0 Å². The summed E-state index contributed by atoms with van der Waals surface area (Å²) in [5.41, 5.74) is 1.39. The Bertz CT molecular complexity index is 619. The van der Waals surface area contributed by atoms with E-state index < -0.39 is 11.5 Å². The fourth-order valence-electron chi connectivity index (χ4n) is 2.32. The Kier molecular flexibility index (Phi) is 2.25. The monoisotopic (exact) mass is 239 g/mol. The Balaban J connectivity index is 2.20. The van der Waals surface area contributed by atoms with Crippen LogP contribution in [0.25, 0.3) is 0 Å². The van der Waals surface area contributed by atoms with Crippen LogP contribution in [0.2, 0.25) is 0 Å². The van der Waals surface area contributed by atoms with Gasteiger partial charge in [-0.2, -0.15) is 0 Å². The zero-order valence-corrected chi connectivity index (χ0v) is 9.97. The van der Waals surface area contributed by atoms with E-state index in [-0.39, 0.29) is 0 Å². The predicted molar refractivity (Wildman–Crippen MR) is 69.2 cm³/mol. The number of hydrogen-bond acceptors (Lipinski definition) is 2. The zero-order chi connectivity index (χ0) is 12.8. The molecule has 3 rings (SSSR count). The molecular formula is C15H13NO2. The summed E-state index contributed by atoms with van der Waals surface area (Å²) >= 11 is 0. The highest BCUT2D eigenvalue weighted by atomic mass is 16.3. The molecule has 90 valence electrons. The van der Waals surface area contributed by atoms with Crippen LogP contribution >= 0.6 is 0 Å². The van der Waals surface area contributed by atoms with E-state index in [0.29, 0.717) is 16.8 Å². The van der Waals surface area contributed by atoms with Crippen LogP contribution in [-0.2, 0) is 10.4 Å². The summed E-state index contributed by atoms with van der Waals surface area (Å²) in [6.45, 7) is 1.97. The van der Waals surface area contributed by atoms with Crippen LogP contribution in [0.5, 0.6) is 0 Å². The van der Waals surface area contributed by atoms with Crippen molar-refractivity contribution in [3.8, 4) is 0 Å². The molecule has 1 amide bonds. The van der Waals surface area contributed by atoms with Gasteiger partial charge in [-0.25, -0.2) is 0 Å². The summed E-state index contributed by atoms with van der Waals surface area (Å²) < 4.78 is 0. The standard InChI is InChI=1S/C15H13NO2/c1-10-6-8-11(9-7-10)15(18)12-4-2-3-5-13(12)16-14(15)17/h2-9,18H,1H3,(H,16,17)/t15-/m1/s1. The van der Waals surface area contributed by atoms with Gasteiger partial charge in [-0.05, 0) is 18.6 Å². The molecule has 0 aliphatic carbocycles. The number of anilines is 1. The number of rotatable bonds is 1. The largest absolute Gasteiger partial charge is 0.372 e. The first-order valence-electron chi connectivity index (χ1n) is 5.83. The molecule has 3 heteroatoms. The van der Waals surface area contributed by atoms with Gasteiger partial charge in [0.2, 0.25) is 0 Å². The van der Waals surface area contributed by atoms with Gasteiger partial charge in [-0.15, -0.1) is 0 Å². The lowest BCUT2D eigenvalue weighted by Gasteiger charge is -2.21. The van der Waals surface area contributed by atoms with Crippen molar-refractivity contribution in [2.45, 2.75) is 12.5 Å². The van der Waals surface area contributed by atoms with Crippen molar-refractivity contribution >= 4 is 11.6 Å². The van der Waals surface area contributed by atoms with Gasteiger partial charge in [0, 0.05) is 11.3 Å². The van der Waals surface area contributed by atoms with Crippen LogP contribution in [0.1, 0.15) is 16.7 Å². The minimum atomic E-state index is -1.58. The fourth-order valence-corrected chi connectivity index (χ4v) is 2.32. The molecule has 2 aromatic rings. The maximum absolute atomic E-state index is 12.1. The Morgan fingerprint density at radius 2 is 1.72 bits per heavy atom. The van der Waals surface area contributed by atoms with Crippen LogP contribution in [0, 0.1) is 6.92 Å². The van der Waals surface area contributed by atoms with Gasteiger partial charge in [-0.1, -0.05) is 48.0 Å². The molecule has 2 aromatic carbocycles. The number of nitrogens with one attached hydrogen (secondary N) is 1. The minimum Gasteiger partial charge on any atom is -0.372 e. The van der Waals surface area contributed by atoms with E-state index >= 15 is 0 Å². The summed E-state index contributed by atoms with van der Waals surface area (Å²) in [7, 11) is 0. The molecule has 3 nitrogen and oxygen atoms in total. The molecule has 0 saturated heterocycles. The van der Waals surface area contributed by atoms with E-state index in [1.165, 1.54) is 0 Å². The third-order valence-electron chi connectivity index (χ3n) is 3.36. The quantitative estimate of drug-likeness (QED) is 0.801. The van der Waals surface area contributed by atoms with Gasteiger partial charge in [0.25, 0.3) is 5.91 Å². The van der Waals surface area contributed by atoms with E-state index in [1.807, 2.05) is 31.2 Å². The van der Waals surface area contributed by atoms with Crippen molar-refractivity contribution in [1.29, 1.82) is 0 Å². The van der Waals surface area contributed by atoms with E-state index in [1.54, 1.807) is 24.3 Å². The lowest BCUT2D eigenvalue weighted by molar-refractivity contribution is -0.129. The molecule has 0 aromatic heterocycles. The molecule has 0 bridgehead atoms. The first-order chi connectivity index (χ1) is 8.62.